The number of aromatic amines is 1. The molecule has 0 aliphatic heterocycles. The van der Waals surface area contributed by atoms with Crippen molar-refractivity contribution in [2.45, 2.75) is 19.8 Å². The molecule has 0 aliphatic carbocycles. The molecule has 0 saturated heterocycles. The molecule has 0 unspecified atom stereocenters. The first-order valence-electron chi connectivity index (χ1n) is 6.34. The molecule has 0 saturated carbocycles. The molecule has 0 amide bonds. The monoisotopic (exact) mass is 370 g/mol. The molecule has 21 heavy (non-hydrogen) atoms. The number of methoxy groups -OCH3 is 1. The number of rotatable bonds is 5. The van der Waals surface area contributed by atoms with E-state index in [9.17, 15) is 5.11 Å². The molecule has 2 rings (SSSR count). The third-order valence-electron chi connectivity index (χ3n) is 2.83. The van der Waals surface area contributed by atoms with Gasteiger partial charge in [-0.3, -0.25) is 5.10 Å². The fourth-order valence-corrected chi connectivity index (χ4v) is 2.40. The van der Waals surface area contributed by atoms with Gasteiger partial charge in [-0.15, -0.1) is 0 Å². The predicted molar refractivity (Wildman–Crippen MR) is 86.8 cm³/mol. The van der Waals surface area contributed by atoms with Gasteiger partial charge in [-0.25, -0.2) is 0 Å². The molecule has 6 nitrogen and oxygen atoms in total. The van der Waals surface area contributed by atoms with E-state index in [-0.39, 0.29) is 5.75 Å². The van der Waals surface area contributed by atoms with Gasteiger partial charge in [0.05, 0.1) is 17.8 Å². The summed E-state index contributed by atoms with van der Waals surface area (Å²) in [6.07, 6.45) is 3.33. The number of benzene rings is 1. The average molecular weight is 371 g/mol. The second-order valence-electron chi connectivity index (χ2n) is 4.27. The number of aromatic nitrogens is 3. The molecule has 8 heteroatoms. The van der Waals surface area contributed by atoms with Crippen LogP contribution >= 0.6 is 28.1 Å². The molecule has 2 N–H and O–H groups in total. The summed E-state index contributed by atoms with van der Waals surface area (Å²) in [4.78, 5) is 0. The van der Waals surface area contributed by atoms with Crippen molar-refractivity contribution >= 4 is 34.4 Å². The molecule has 0 bridgehead atoms. The first-order valence-corrected chi connectivity index (χ1v) is 7.54. The van der Waals surface area contributed by atoms with Crippen LogP contribution in [0.3, 0.4) is 0 Å². The van der Waals surface area contributed by atoms with Crippen LogP contribution in [0.15, 0.2) is 21.7 Å². The van der Waals surface area contributed by atoms with E-state index in [0.29, 0.717) is 20.6 Å². The molecule has 0 aliphatic rings. The van der Waals surface area contributed by atoms with E-state index < -0.39 is 0 Å². The Bertz CT molecular complexity index is 723. The van der Waals surface area contributed by atoms with Crippen molar-refractivity contribution in [1.82, 2.24) is 14.9 Å². The van der Waals surface area contributed by atoms with E-state index in [1.807, 2.05) is 0 Å². The average Bonchev–Trinajstić information content (AvgIpc) is 2.82. The SMILES string of the molecule is CCCc1n[nH]c(=S)n1/N=C/c1ccc(OC)c(O)c1Br. The summed E-state index contributed by atoms with van der Waals surface area (Å²) in [5.41, 5.74) is 0.707. The van der Waals surface area contributed by atoms with Crippen LogP contribution in [0.1, 0.15) is 24.7 Å². The molecule has 2 aromatic rings. The van der Waals surface area contributed by atoms with Crippen LogP contribution in [0.4, 0.5) is 0 Å². The molecule has 112 valence electrons. The molecule has 1 heterocycles. The van der Waals surface area contributed by atoms with Gasteiger partial charge in [0.2, 0.25) is 4.77 Å². The zero-order valence-corrected chi connectivity index (χ0v) is 14.0. The van der Waals surface area contributed by atoms with Gasteiger partial charge >= 0.3 is 0 Å². The Kier molecular flexibility index (Phi) is 5.13. The maximum atomic E-state index is 9.95. The largest absolute Gasteiger partial charge is 0.503 e. The Labute approximate surface area is 135 Å². The maximum absolute atomic E-state index is 9.95. The highest BCUT2D eigenvalue weighted by atomic mass is 79.9. The first-order chi connectivity index (χ1) is 10.1. The summed E-state index contributed by atoms with van der Waals surface area (Å²) in [5.74, 6) is 1.20. The first kappa shape index (κ1) is 15.7. The lowest BCUT2D eigenvalue weighted by Gasteiger charge is -2.07. The lowest BCUT2D eigenvalue weighted by Crippen LogP contribution is -1.99. The number of nitrogens with zero attached hydrogens (tertiary/aromatic N) is 3. The Morgan fingerprint density at radius 1 is 1.57 bits per heavy atom. The molecule has 1 aromatic heterocycles. The molecule has 0 atom stereocenters. The van der Waals surface area contributed by atoms with Gasteiger partial charge in [0.1, 0.15) is 0 Å². The van der Waals surface area contributed by atoms with Crippen LogP contribution in [-0.4, -0.2) is 33.3 Å². The van der Waals surface area contributed by atoms with E-state index in [2.05, 4.69) is 38.2 Å². The van der Waals surface area contributed by atoms with E-state index in [4.69, 9.17) is 17.0 Å². The van der Waals surface area contributed by atoms with Gasteiger partial charge in [-0.05, 0) is 46.7 Å². The van der Waals surface area contributed by atoms with Crippen molar-refractivity contribution in [3.05, 3.63) is 32.8 Å². The number of halogens is 1. The van der Waals surface area contributed by atoms with Gasteiger partial charge < -0.3 is 9.84 Å². The van der Waals surface area contributed by atoms with Gasteiger partial charge in [0, 0.05) is 12.0 Å². The Balaban J connectivity index is 2.36. The highest BCUT2D eigenvalue weighted by Gasteiger charge is 2.10. The number of nitrogens with one attached hydrogen (secondary N) is 1. The smallest absolute Gasteiger partial charge is 0.216 e. The Morgan fingerprint density at radius 3 is 3.00 bits per heavy atom. The topological polar surface area (TPSA) is 75.4 Å². The minimum atomic E-state index is 0.0334. The maximum Gasteiger partial charge on any atom is 0.216 e. The van der Waals surface area contributed by atoms with Gasteiger partial charge in [0.15, 0.2) is 17.3 Å². The standard InChI is InChI=1S/C13H15BrN4O2S/c1-3-4-10-16-17-13(21)18(10)15-7-8-5-6-9(20-2)12(19)11(8)14/h5-7,19H,3-4H2,1-2H3,(H,17,21)/b15-7+. The van der Waals surface area contributed by atoms with Crippen LogP contribution in [-0.2, 0) is 6.42 Å². The molecule has 0 spiro atoms. The molecule has 1 aromatic carbocycles. The fourth-order valence-electron chi connectivity index (χ4n) is 1.78. The summed E-state index contributed by atoms with van der Waals surface area (Å²) < 4.78 is 7.56. The number of H-pyrrole nitrogens is 1. The van der Waals surface area contributed by atoms with E-state index in [0.717, 1.165) is 18.7 Å². The summed E-state index contributed by atoms with van der Waals surface area (Å²) >= 11 is 8.47. The van der Waals surface area contributed by atoms with Crippen molar-refractivity contribution in [1.29, 1.82) is 0 Å². The lowest BCUT2D eigenvalue weighted by molar-refractivity contribution is 0.372. The molecular formula is C13H15BrN4O2S. The summed E-state index contributed by atoms with van der Waals surface area (Å²) in [7, 11) is 1.50. The van der Waals surface area contributed by atoms with Crippen molar-refractivity contribution < 1.29 is 9.84 Å². The number of aryl methyl sites for hydroxylation is 1. The van der Waals surface area contributed by atoms with Crippen molar-refractivity contribution in [3.63, 3.8) is 0 Å². The van der Waals surface area contributed by atoms with Gasteiger partial charge in [-0.2, -0.15) is 14.9 Å². The van der Waals surface area contributed by atoms with E-state index in [1.54, 1.807) is 23.0 Å². The zero-order valence-electron chi connectivity index (χ0n) is 11.6. The van der Waals surface area contributed by atoms with E-state index >= 15 is 0 Å². The van der Waals surface area contributed by atoms with Crippen LogP contribution in [0, 0.1) is 4.77 Å². The van der Waals surface area contributed by atoms with Crippen molar-refractivity contribution in [3.8, 4) is 11.5 Å². The number of aromatic hydroxyl groups is 1. The highest BCUT2D eigenvalue weighted by Crippen LogP contribution is 2.35. The number of ether oxygens (including phenoxy) is 1. The minimum absolute atomic E-state index is 0.0334. The second kappa shape index (κ2) is 6.86. The van der Waals surface area contributed by atoms with Crippen LogP contribution in [0.25, 0.3) is 0 Å². The second-order valence-corrected chi connectivity index (χ2v) is 5.45. The lowest BCUT2D eigenvalue weighted by atomic mass is 10.2. The van der Waals surface area contributed by atoms with Gasteiger partial charge in [-0.1, -0.05) is 6.92 Å². The number of phenolic OH excluding ortho intramolecular Hbond substituents is 1. The van der Waals surface area contributed by atoms with Crippen LogP contribution in [0.2, 0.25) is 0 Å². The van der Waals surface area contributed by atoms with Crippen LogP contribution in [0.5, 0.6) is 11.5 Å². The van der Waals surface area contributed by atoms with Crippen LogP contribution < -0.4 is 4.74 Å². The van der Waals surface area contributed by atoms with Gasteiger partial charge in [0.25, 0.3) is 0 Å². The Morgan fingerprint density at radius 2 is 2.33 bits per heavy atom. The third-order valence-corrected chi connectivity index (χ3v) is 3.93. The van der Waals surface area contributed by atoms with E-state index in [1.165, 1.54) is 7.11 Å². The molecule has 0 radical (unpaired) electrons. The predicted octanol–water partition coefficient (Wildman–Crippen LogP) is 3.25. The Hall–Kier alpha value is -1.67. The number of hydrogen-bond donors (Lipinski definition) is 2. The quantitative estimate of drug-likeness (QED) is 0.625. The summed E-state index contributed by atoms with van der Waals surface area (Å²) in [6, 6.07) is 3.46. The molecular weight excluding hydrogens is 356 g/mol. The number of phenols is 1. The zero-order chi connectivity index (χ0) is 15.4. The number of hydrogen-bond acceptors (Lipinski definition) is 5. The van der Waals surface area contributed by atoms with Crippen molar-refractivity contribution in [2.75, 3.05) is 7.11 Å². The minimum Gasteiger partial charge on any atom is -0.503 e. The molecule has 0 fully saturated rings. The fraction of sp³-hybridized carbons (Fsp3) is 0.308. The highest BCUT2D eigenvalue weighted by molar-refractivity contribution is 9.10. The third kappa shape index (κ3) is 3.33. The van der Waals surface area contributed by atoms with Crippen molar-refractivity contribution in [2.24, 2.45) is 5.10 Å². The normalized spacial score (nSPS) is 11.2. The summed E-state index contributed by atoms with van der Waals surface area (Å²) in [6.45, 7) is 2.06. The summed E-state index contributed by atoms with van der Waals surface area (Å²) in [5, 5.41) is 21.1.